The molecule has 2 N–H and O–H groups in total. The number of furan rings is 1. The highest BCUT2D eigenvalue weighted by Crippen LogP contribution is 2.34. The molecule has 1 aliphatic heterocycles. The van der Waals surface area contributed by atoms with Crippen LogP contribution < -0.4 is 10.6 Å². The minimum Gasteiger partial charge on any atom is -0.467 e. The Kier molecular flexibility index (Phi) is 7.49. The second-order valence-electron chi connectivity index (χ2n) is 7.83. The van der Waals surface area contributed by atoms with E-state index in [0.717, 1.165) is 18.4 Å². The molecule has 162 valence electrons. The van der Waals surface area contributed by atoms with Crippen molar-refractivity contribution in [3.05, 3.63) is 59.3 Å². The third kappa shape index (κ3) is 5.40. The van der Waals surface area contributed by atoms with Gasteiger partial charge in [-0.05, 0) is 55.5 Å². The van der Waals surface area contributed by atoms with Crippen molar-refractivity contribution >= 4 is 11.9 Å². The van der Waals surface area contributed by atoms with Crippen LogP contribution in [0.5, 0.6) is 0 Å². The summed E-state index contributed by atoms with van der Waals surface area (Å²) in [7, 11) is 0. The van der Waals surface area contributed by atoms with Gasteiger partial charge in [-0.15, -0.1) is 0 Å². The van der Waals surface area contributed by atoms with E-state index in [4.69, 9.17) is 4.42 Å². The first kappa shape index (κ1) is 21.9. The normalized spacial score (nSPS) is 18.8. The molecule has 3 rings (SSSR count). The summed E-state index contributed by atoms with van der Waals surface area (Å²) in [6.07, 6.45) is 4.75. The first-order chi connectivity index (χ1) is 14.5. The lowest BCUT2D eigenvalue weighted by atomic mass is 9.88. The molecule has 1 aromatic carbocycles. The molecule has 0 aliphatic carbocycles. The average Bonchev–Trinajstić information content (AvgIpc) is 3.27. The van der Waals surface area contributed by atoms with Gasteiger partial charge in [0.05, 0.1) is 24.8 Å². The number of urea groups is 1. The van der Waals surface area contributed by atoms with Crippen molar-refractivity contribution < 1.29 is 18.4 Å². The Morgan fingerprint density at radius 3 is 2.77 bits per heavy atom. The molecule has 2 atom stereocenters. The molecular formula is C23H30FN3O3. The van der Waals surface area contributed by atoms with Gasteiger partial charge in [0, 0.05) is 13.1 Å². The molecule has 1 aliphatic rings. The SMILES string of the molecule is CCCCNC(=O)N1C[C@@H](C(=O)NCc2ccco2)CC[C@H]1c1ccc(F)c(C)c1. The summed E-state index contributed by atoms with van der Waals surface area (Å²) in [6, 6.07) is 8.20. The summed E-state index contributed by atoms with van der Waals surface area (Å²) in [5.74, 6) is 0.0397. The molecule has 0 spiro atoms. The van der Waals surface area contributed by atoms with E-state index in [1.165, 1.54) is 6.07 Å². The topological polar surface area (TPSA) is 74.6 Å². The van der Waals surface area contributed by atoms with E-state index in [-0.39, 0.29) is 29.7 Å². The molecule has 3 amide bonds. The van der Waals surface area contributed by atoms with Crippen molar-refractivity contribution in [3.8, 4) is 0 Å². The molecule has 1 saturated heterocycles. The van der Waals surface area contributed by atoms with E-state index in [1.807, 2.05) is 6.07 Å². The van der Waals surface area contributed by atoms with Gasteiger partial charge in [0.2, 0.25) is 5.91 Å². The first-order valence-electron chi connectivity index (χ1n) is 10.6. The zero-order valence-corrected chi connectivity index (χ0v) is 17.6. The first-order valence-corrected chi connectivity index (χ1v) is 10.6. The van der Waals surface area contributed by atoms with Crippen LogP contribution >= 0.6 is 0 Å². The van der Waals surface area contributed by atoms with E-state index in [0.29, 0.717) is 43.8 Å². The van der Waals surface area contributed by atoms with Crippen molar-refractivity contribution in [2.75, 3.05) is 13.1 Å². The fraction of sp³-hybridized carbons (Fsp3) is 0.478. The fourth-order valence-electron chi connectivity index (χ4n) is 3.84. The number of halogens is 1. The smallest absolute Gasteiger partial charge is 0.317 e. The summed E-state index contributed by atoms with van der Waals surface area (Å²) in [4.78, 5) is 27.3. The largest absolute Gasteiger partial charge is 0.467 e. The molecule has 30 heavy (non-hydrogen) atoms. The second-order valence-corrected chi connectivity index (χ2v) is 7.83. The lowest BCUT2D eigenvalue weighted by molar-refractivity contribution is -0.127. The highest BCUT2D eigenvalue weighted by atomic mass is 19.1. The highest BCUT2D eigenvalue weighted by molar-refractivity contribution is 5.81. The van der Waals surface area contributed by atoms with Gasteiger partial charge in [-0.25, -0.2) is 9.18 Å². The van der Waals surface area contributed by atoms with Crippen LogP contribution in [0.2, 0.25) is 0 Å². The second kappa shape index (κ2) is 10.3. The van der Waals surface area contributed by atoms with E-state index in [1.54, 1.807) is 36.3 Å². The maximum absolute atomic E-state index is 13.7. The molecule has 0 saturated carbocycles. The van der Waals surface area contributed by atoms with Crippen LogP contribution in [0.15, 0.2) is 41.0 Å². The number of hydrogen-bond donors (Lipinski definition) is 2. The number of hydrogen-bond acceptors (Lipinski definition) is 3. The zero-order valence-electron chi connectivity index (χ0n) is 17.6. The van der Waals surface area contributed by atoms with Crippen LogP contribution in [0.4, 0.5) is 9.18 Å². The monoisotopic (exact) mass is 415 g/mol. The molecule has 1 fully saturated rings. The van der Waals surface area contributed by atoms with Crippen molar-refractivity contribution in [1.29, 1.82) is 0 Å². The number of amides is 3. The van der Waals surface area contributed by atoms with Crippen LogP contribution in [0.1, 0.15) is 55.5 Å². The third-order valence-corrected chi connectivity index (χ3v) is 5.60. The van der Waals surface area contributed by atoms with E-state index >= 15 is 0 Å². The summed E-state index contributed by atoms with van der Waals surface area (Å²) in [6.45, 7) is 5.03. The molecule has 0 unspecified atom stereocenters. The quantitative estimate of drug-likeness (QED) is 0.662. The van der Waals surface area contributed by atoms with Gasteiger partial charge in [-0.3, -0.25) is 4.79 Å². The highest BCUT2D eigenvalue weighted by Gasteiger charge is 2.35. The Balaban J connectivity index is 1.71. The maximum Gasteiger partial charge on any atom is 0.317 e. The van der Waals surface area contributed by atoms with Gasteiger partial charge in [0.25, 0.3) is 0 Å². The lowest BCUT2D eigenvalue weighted by Crippen LogP contribution is -2.50. The van der Waals surface area contributed by atoms with Crippen LogP contribution in [-0.2, 0) is 11.3 Å². The minimum absolute atomic E-state index is 0.0912. The predicted molar refractivity (Wildman–Crippen MR) is 112 cm³/mol. The van der Waals surface area contributed by atoms with E-state index < -0.39 is 0 Å². The summed E-state index contributed by atoms with van der Waals surface area (Å²) in [5.41, 5.74) is 1.45. The number of nitrogens with one attached hydrogen (secondary N) is 2. The molecular weight excluding hydrogens is 385 g/mol. The van der Waals surface area contributed by atoms with Crippen LogP contribution in [-0.4, -0.2) is 29.9 Å². The predicted octanol–water partition coefficient (Wildman–Crippen LogP) is 4.31. The summed E-state index contributed by atoms with van der Waals surface area (Å²) in [5, 5.41) is 5.86. The average molecular weight is 416 g/mol. The molecule has 2 heterocycles. The Labute approximate surface area is 176 Å². The van der Waals surface area contributed by atoms with Gasteiger partial charge in [0.15, 0.2) is 0 Å². The number of carbonyl (C=O) groups excluding carboxylic acids is 2. The van der Waals surface area contributed by atoms with Gasteiger partial charge in [-0.1, -0.05) is 25.5 Å². The van der Waals surface area contributed by atoms with Gasteiger partial charge in [-0.2, -0.15) is 0 Å². The molecule has 0 radical (unpaired) electrons. The number of benzene rings is 1. The minimum atomic E-state index is -0.297. The Morgan fingerprint density at radius 1 is 1.23 bits per heavy atom. The van der Waals surface area contributed by atoms with Crippen molar-refractivity contribution in [3.63, 3.8) is 0 Å². The molecule has 0 bridgehead atoms. The molecule has 6 nitrogen and oxygen atoms in total. The van der Waals surface area contributed by atoms with Crippen molar-refractivity contribution in [2.24, 2.45) is 5.92 Å². The number of rotatable bonds is 7. The molecule has 2 aromatic rings. The Morgan fingerprint density at radius 2 is 2.07 bits per heavy atom. The van der Waals surface area contributed by atoms with Crippen LogP contribution in [0, 0.1) is 18.7 Å². The summed E-state index contributed by atoms with van der Waals surface area (Å²) >= 11 is 0. The Bertz CT molecular complexity index is 853. The summed E-state index contributed by atoms with van der Waals surface area (Å²) < 4.78 is 19.0. The van der Waals surface area contributed by atoms with Gasteiger partial charge in [0.1, 0.15) is 11.6 Å². The van der Waals surface area contributed by atoms with Crippen LogP contribution in [0.3, 0.4) is 0 Å². The van der Waals surface area contributed by atoms with Crippen molar-refractivity contribution in [1.82, 2.24) is 15.5 Å². The fourth-order valence-corrected chi connectivity index (χ4v) is 3.84. The number of unbranched alkanes of at least 4 members (excludes halogenated alkanes) is 1. The van der Waals surface area contributed by atoms with E-state index in [9.17, 15) is 14.0 Å². The third-order valence-electron chi connectivity index (χ3n) is 5.60. The van der Waals surface area contributed by atoms with E-state index in [2.05, 4.69) is 17.6 Å². The number of aryl methyl sites for hydroxylation is 1. The van der Waals surface area contributed by atoms with Crippen LogP contribution in [0.25, 0.3) is 0 Å². The van der Waals surface area contributed by atoms with Crippen molar-refractivity contribution in [2.45, 2.75) is 52.1 Å². The van der Waals surface area contributed by atoms with Gasteiger partial charge >= 0.3 is 6.03 Å². The number of carbonyl (C=O) groups is 2. The standard InChI is InChI=1S/C23H30FN3O3/c1-3-4-11-25-23(29)27-15-18(22(28)26-14-19-6-5-12-30-19)8-10-21(27)17-7-9-20(24)16(2)13-17/h5-7,9,12-13,18,21H,3-4,8,10-11,14-15H2,1-2H3,(H,25,29)(H,26,28)/t18-,21-/m0/s1. The number of likely N-dealkylation sites (tertiary alicyclic amines) is 1. The zero-order chi connectivity index (χ0) is 21.5. The van der Waals surface area contributed by atoms with Gasteiger partial charge < -0.3 is 20.0 Å². The Hall–Kier alpha value is -2.83. The lowest BCUT2D eigenvalue weighted by Gasteiger charge is -2.39. The molecule has 7 heteroatoms. The number of nitrogens with zero attached hydrogens (tertiary/aromatic N) is 1. The maximum atomic E-state index is 13.7. The molecule has 1 aromatic heterocycles. The number of piperidine rings is 1.